The van der Waals surface area contributed by atoms with Gasteiger partial charge in [-0.15, -0.1) is 0 Å². The number of ether oxygens (including phenoxy) is 1. The van der Waals surface area contributed by atoms with Gasteiger partial charge in [0.05, 0.1) is 98.6 Å². The van der Waals surface area contributed by atoms with Gasteiger partial charge >= 0.3 is 0 Å². The van der Waals surface area contributed by atoms with E-state index >= 15 is 0 Å². The van der Waals surface area contributed by atoms with Crippen LogP contribution in [0.1, 0.15) is 69.1 Å². The number of rotatable bonds is 20. The molecule has 2 aromatic carbocycles. The second-order valence-corrected chi connectivity index (χ2v) is 19.7. The number of benzene rings is 2. The topological polar surface area (TPSA) is 305 Å². The van der Waals surface area contributed by atoms with Gasteiger partial charge in [0.25, 0.3) is 35.4 Å². The molecule has 0 fully saturated rings. The van der Waals surface area contributed by atoms with E-state index in [2.05, 4.69) is 31.9 Å². The van der Waals surface area contributed by atoms with Gasteiger partial charge in [0.1, 0.15) is 12.2 Å². The zero-order valence-electron chi connectivity index (χ0n) is 31.6. The lowest BCUT2D eigenvalue weighted by atomic mass is 10.0. The van der Waals surface area contributed by atoms with E-state index in [4.69, 9.17) is 4.74 Å². The third kappa shape index (κ3) is 14.2. The summed E-state index contributed by atoms with van der Waals surface area (Å²) in [6.45, 7) is 2.82. The Bertz CT molecular complexity index is 1810. The maximum absolute atomic E-state index is 13.6. The fraction of sp³-hybridized carbons (Fsp3) is 0.471. The number of aliphatic hydroxyl groups is 6. The van der Waals surface area contributed by atoms with Gasteiger partial charge < -0.3 is 67.3 Å². The van der Waals surface area contributed by atoms with Crippen molar-refractivity contribution in [2.75, 3.05) is 63.4 Å². The predicted octanol–water partition coefficient (Wildman–Crippen LogP) is 1.08. The molecule has 19 nitrogen and oxygen atoms in total. The number of aliphatic hydroxyl groups excluding tert-OH is 6. The summed E-state index contributed by atoms with van der Waals surface area (Å²) in [5.74, 6) is -4.34. The molecule has 328 valence electrons. The molecule has 0 aromatic heterocycles. The van der Waals surface area contributed by atoms with Crippen molar-refractivity contribution in [2.24, 2.45) is 0 Å². The summed E-state index contributed by atoms with van der Waals surface area (Å²) in [6, 6.07) is 0. The molecule has 59 heavy (non-hydrogen) atoms. The third-order valence-electron chi connectivity index (χ3n) is 8.09. The second kappa shape index (κ2) is 24.4. The molecular weight excluding hydrogens is 1460 g/mol. The van der Waals surface area contributed by atoms with E-state index in [1.807, 2.05) is 136 Å². The molecule has 12 N–H and O–H groups in total. The highest BCUT2D eigenvalue weighted by atomic mass is 127. The van der Waals surface area contributed by atoms with Crippen LogP contribution in [0, 0.1) is 21.4 Å². The average molecular weight is 1500 g/mol. The first-order chi connectivity index (χ1) is 27.5. The van der Waals surface area contributed by atoms with E-state index in [-0.39, 0.29) is 81.4 Å². The number of hydrogen-bond acceptors (Lipinski definition) is 13. The van der Waals surface area contributed by atoms with Gasteiger partial charge in [0.15, 0.2) is 0 Å². The molecule has 25 heteroatoms. The molecule has 0 saturated carbocycles. The molecule has 6 amide bonds. The normalized spacial score (nSPS) is 12.6. The van der Waals surface area contributed by atoms with Crippen molar-refractivity contribution in [2.45, 2.75) is 51.0 Å². The zero-order valence-corrected chi connectivity index (χ0v) is 44.6. The molecule has 2 aromatic rings. The Balaban J connectivity index is 2.27. The summed E-state index contributed by atoms with van der Waals surface area (Å²) in [4.78, 5) is 79.1. The van der Waals surface area contributed by atoms with Gasteiger partial charge in [-0.25, -0.2) is 0 Å². The number of carbonyl (C=O) groups excluding carboxylic acids is 6. The Labute approximate surface area is 420 Å². The molecule has 0 saturated heterocycles. The fourth-order valence-electron chi connectivity index (χ4n) is 4.48. The predicted molar refractivity (Wildman–Crippen MR) is 265 cm³/mol. The maximum Gasteiger partial charge on any atom is 0.254 e. The molecule has 0 radical (unpaired) electrons. The van der Waals surface area contributed by atoms with E-state index in [1.165, 1.54) is 27.7 Å². The van der Waals surface area contributed by atoms with Crippen LogP contribution in [-0.4, -0.2) is 142 Å². The molecule has 2 atom stereocenters. The van der Waals surface area contributed by atoms with Crippen LogP contribution in [0.5, 0.6) is 0 Å². The minimum Gasteiger partial charge on any atom is -0.394 e. The maximum atomic E-state index is 13.6. The average Bonchev–Trinajstić information content (AvgIpc) is 3.17. The van der Waals surface area contributed by atoms with Crippen molar-refractivity contribution < 1.29 is 64.1 Å². The van der Waals surface area contributed by atoms with Crippen LogP contribution in [0.4, 0.5) is 11.4 Å². The van der Waals surface area contributed by atoms with Crippen molar-refractivity contribution in [3.8, 4) is 0 Å². The SMILES string of the molecule is CC(O)C(=O)Nc1c(I)c(C(=O)NCCOCCNC(=O)c2c(I)c(NC(=O)C(C)O)c(I)c(C(=O)NC(C)(CO)CO)c2I)c(I)c(C(=O)NC(C)(CO)CO)c1I. The van der Waals surface area contributed by atoms with E-state index in [0.717, 1.165) is 0 Å². The smallest absolute Gasteiger partial charge is 0.254 e. The van der Waals surface area contributed by atoms with Crippen LogP contribution in [-0.2, 0) is 14.3 Å². The molecule has 0 aliphatic rings. The number of halogens is 6. The minimum absolute atomic E-state index is 0.0192. The van der Waals surface area contributed by atoms with Crippen molar-refractivity contribution in [3.05, 3.63) is 43.7 Å². The van der Waals surface area contributed by atoms with Crippen molar-refractivity contribution in [3.63, 3.8) is 0 Å². The lowest BCUT2D eigenvalue weighted by Crippen LogP contribution is -2.52. The Morgan fingerprint density at radius 3 is 1.05 bits per heavy atom. The largest absolute Gasteiger partial charge is 0.394 e. The van der Waals surface area contributed by atoms with E-state index in [1.54, 1.807) is 0 Å². The number of amides is 6. The molecule has 0 bridgehead atoms. The Morgan fingerprint density at radius 1 is 0.525 bits per heavy atom. The number of hydrogen-bond donors (Lipinski definition) is 12. The van der Waals surface area contributed by atoms with Crippen LogP contribution in [0.25, 0.3) is 0 Å². The van der Waals surface area contributed by atoms with Gasteiger partial charge in [-0.3, -0.25) is 28.8 Å². The molecule has 2 unspecified atom stereocenters. The van der Waals surface area contributed by atoms with Gasteiger partial charge in [-0.2, -0.15) is 0 Å². The van der Waals surface area contributed by atoms with Crippen LogP contribution in [0.3, 0.4) is 0 Å². The quantitative estimate of drug-likeness (QED) is 0.0654. The van der Waals surface area contributed by atoms with E-state index in [9.17, 15) is 59.4 Å². The second-order valence-electron chi connectivity index (χ2n) is 13.3. The molecule has 2 rings (SSSR count). The highest BCUT2D eigenvalue weighted by molar-refractivity contribution is 14.1. The Morgan fingerprint density at radius 2 is 0.797 bits per heavy atom. The molecule has 0 aliphatic carbocycles. The standard InChI is InChI=1S/C34H42I6N6O13/c1-13(51)27(53)43-25-21(37)15(19(35)17(23(25)39)31(57)45-33(3,9-47)10-48)29(55)41-5-7-59-8-6-42-30(56)16-20(36)18(32(58)46-34(4,11-49)12-50)24(40)26(22(16)38)44-28(54)14(2)52/h13-14,47-52H,5-12H2,1-4H3,(H,41,55)(H,42,56)(H,43,53)(H,44,54)(H,45,57)(H,46,58). The molecule has 0 spiro atoms. The molecule has 0 aliphatic heterocycles. The number of nitrogens with one attached hydrogen (secondary N) is 6. The van der Waals surface area contributed by atoms with Crippen LogP contribution in [0.15, 0.2) is 0 Å². The van der Waals surface area contributed by atoms with Crippen LogP contribution < -0.4 is 31.9 Å². The number of carbonyl (C=O) groups is 6. The Kier molecular flexibility index (Phi) is 22.6. The molecule has 0 heterocycles. The lowest BCUT2D eigenvalue weighted by molar-refractivity contribution is -0.123. The van der Waals surface area contributed by atoms with E-state index < -0.39 is 85.2 Å². The summed E-state index contributed by atoms with van der Waals surface area (Å²) >= 11 is 11.0. The van der Waals surface area contributed by atoms with Crippen LogP contribution >= 0.6 is 136 Å². The minimum atomic E-state index is -1.42. The first-order valence-electron chi connectivity index (χ1n) is 17.1. The fourth-order valence-corrected chi connectivity index (χ4v) is 13.3. The highest BCUT2D eigenvalue weighted by Crippen LogP contribution is 2.37. The first kappa shape index (κ1) is 54.5. The zero-order chi connectivity index (χ0) is 45.2. The van der Waals surface area contributed by atoms with Gasteiger partial charge in [0.2, 0.25) is 0 Å². The lowest BCUT2D eigenvalue weighted by Gasteiger charge is -2.27. The van der Waals surface area contributed by atoms with Crippen molar-refractivity contribution in [1.29, 1.82) is 0 Å². The summed E-state index contributed by atoms with van der Waals surface area (Å²) in [5.41, 5.74) is -2.63. The molecular formula is C34H42I6N6O13. The van der Waals surface area contributed by atoms with E-state index in [0.29, 0.717) is 0 Å². The van der Waals surface area contributed by atoms with Gasteiger partial charge in [-0.1, -0.05) is 0 Å². The van der Waals surface area contributed by atoms with Crippen molar-refractivity contribution in [1.82, 2.24) is 21.3 Å². The van der Waals surface area contributed by atoms with Gasteiger partial charge in [-0.05, 0) is 163 Å². The third-order valence-corrected chi connectivity index (χ3v) is 14.6. The van der Waals surface area contributed by atoms with Gasteiger partial charge in [0, 0.05) is 20.2 Å². The van der Waals surface area contributed by atoms with Crippen molar-refractivity contribution >= 4 is 182 Å². The number of anilines is 2. The summed E-state index contributed by atoms with van der Waals surface area (Å²) in [5, 5.41) is 74.3. The monoisotopic (exact) mass is 1500 g/mol. The Hall–Kier alpha value is -0.640. The summed E-state index contributed by atoms with van der Waals surface area (Å²) in [6.07, 6.45) is -2.83. The summed E-state index contributed by atoms with van der Waals surface area (Å²) in [7, 11) is 0. The van der Waals surface area contributed by atoms with Crippen LogP contribution in [0.2, 0.25) is 0 Å². The highest BCUT2D eigenvalue weighted by Gasteiger charge is 2.34. The summed E-state index contributed by atoms with van der Waals surface area (Å²) < 4.78 is 7.03. The first-order valence-corrected chi connectivity index (χ1v) is 23.5.